The maximum Gasteiger partial charge on any atom is 0.107 e. The second-order valence-corrected chi connectivity index (χ2v) is 5.74. The van der Waals surface area contributed by atoms with Crippen molar-refractivity contribution in [3.05, 3.63) is 75.4 Å². The Morgan fingerprint density at radius 1 is 1.10 bits per heavy atom. The lowest BCUT2D eigenvalue weighted by atomic mass is 10.0. The van der Waals surface area contributed by atoms with E-state index in [1.54, 1.807) is 6.20 Å². The molecule has 1 aromatic heterocycles. The molecule has 0 saturated heterocycles. The summed E-state index contributed by atoms with van der Waals surface area (Å²) in [6.07, 6.45) is 0.890. The molecule has 0 radical (unpaired) electrons. The maximum absolute atomic E-state index is 10.5. The van der Waals surface area contributed by atoms with Crippen molar-refractivity contribution in [1.82, 2.24) is 4.98 Å². The second-order valence-electron chi connectivity index (χ2n) is 4.51. The van der Waals surface area contributed by atoms with Crippen LogP contribution in [-0.2, 0) is 0 Å². The van der Waals surface area contributed by atoms with Crippen LogP contribution in [0.2, 0.25) is 5.02 Å². The van der Waals surface area contributed by atoms with Crippen molar-refractivity contribution in [1.29, 1.82) is 0 Å². The first-order valence-electron chi connectivity index (χ1n) is 6.13. The minimum absolute atomic E-state index is 0.521. The minimum Gasteiger partial charge on any atom is -0.384 e. The van der Waals surface area contributed by atoms with Gasteiger partial charge in [0, 0.05) is 27.2 Å². The highest BCUT2D eigenvalue weighted by atomic mass is 79.9. The summed E-state index contributed by atoms with van der Waals surface area (Å²) in [5.41, 5.74) is 2.30. The van der Waals surface area contributed by atoms with Gasteiger partial charge in [-0.1, -0.05) is 41.9 Å². The Balaban J connectivity index is 2.08. The lowest BCUT2D eigenvalue weighted by molar-refractivity contribution is 0.220. The molecule has 1 heterocycles. The summed E-state index contributed by atoms with van der Waals surface area (Å²) < 4.78 is 0.768. The number of halogens is 2. The molecular formula is C16H11BrClNO. The summed E-state index contributed by atoms with van der Waals surface area (Å²) >= 11 is 9.60. The van der Waals surface area contributed by atoms with Crippen molar-refractivity contribution in [3.63, 3.8) is 0 Å². The third-order valence-electron chi connectivity index (χ3n) is 3.20. The molecule has 0 aliphatic carbocycles. The molecule has 0 aliphatic heterocycles. The highest BCUT2D eigenvalue weighted by Gasteiger charge is 2.16. The topological polar surface area (TPSA) is 33.1 Å². The fraction of sp³-hybridized carbons (Fsp3) is 0.0625. The van der Waals surface area contributed by atoms with Crippen LogP contribution in [0.1, 0.15) is 17.2 Å². The van der Waals surface area contributed by atoms with Crippen molar-refractivity contribution >= 4 is 38.4 Å². The van der Waals surface area contributed by atoms with Gasteiger partial charge in [0.25, 0.3) is 0 Å². The Morgan fingerprint density at radius 2 is 1.90 bits per heavy atom. The standard InChI is InChI=1S/C16H11BrClNO/c17-13-6-3-5-12(15(13)18)16(20)11-8-10-4-1-2-7-14(10)19-9-11/h1-9,16,20H. The van der Waals surface area contributed by atoms with E-state index in [-0.39, 0.29) is 0 Å². The number of nitrogens with zero attached hydrogens (tertiary/aromatic N) is 1. The first-order valence-corrected chi connectivity index (χ1v) is 7.30. The van der Waals surface area contributed by atoms with Gasteiger partial charge in [0.05, 0.1) is 10.5 Å². The van der Waals surface area contributed by atoms with Gasteiger partial charge in [-0.25, -0.2) is 0 Å². The number of para-hydroxylation sites is 1. The molecule has 0 saturated carbocycles. The zero-order valence-corrected chi connectivity index (χ0v) is 12.8. The minimum atomic E-state index is -0.794. The predicted octanol–water partition coefficient (Wildman–Crippen LogP) is 4.73. The van der Waals surface area contributed by atoms with E-state index in [9.17, 15) is 5.11 Å². The number of rotatable bonds is 2. The van der Waals surface area contributed by atoms with Crippen LogP contribution in [-0.4, -0.2) is 10.1 Å². The summed E-state index contributed by atoms with van der Waals surface area (Å²) in [6, 6.07) is 15.2. The monoisotopic (exact) mass is 347 g/mol. The van der Waals surface area contributed by atoms with Gasteiger partial charge in [-0.2, -0.15) is 0 Å². The average molecular weight is 349 g/mol. The van der Waals surface area contributed by atoms with Gasteiger partial charge >= 0.3 is 0 Å². The van der Waals surface area contributed by atoms with E-state index in [4.69, 9.17) is 11.6 Å². The number of aliphatic hydroxyl groups is 1. The van der Waals surface area contributed by atoms with Crippen LogP contribution in [0.15, 0.2) is 59.2 Å². The average Bonchev–Trinajstić information content (AvgIpc) is 2.49. The molecule has 2 nitrogen and oxygen atoms in total. The third kappa shape index (κ3) is 2.44. The van der Waals surface area contributed by atoms with E-state index < -0.39 is 6.10 Å². The Morgan fingerprint density at radius 3 is 2.75 bits per heavy atom. The molecule has 0 spiro atoms. The Bertz CT molecular complexity index is 775. The van der Waals surface area contributed by atoms with Crippen LogP contribution in [0, 0.1) is 0 Å². The van der Waals surface area contributed by atoms with E-state index in [0.29, 0.717) is 10.6 Å². The van der Waals surface area contributed by atoms with Crippen LogP contribution in [0.5, 0.6) is 0 Å². The van der Waals surface area contributed by atoms with Crippen LogP contribution in [0.3, 0.4) is 0 Å². The van der Waals surface area contributed by atoms with Gasteiger partial charge in [-0.3, -0.25) is 4.98 Å². The van der Waals surface area contributed by atoms with Crippen LogP contribution in [0.4, 0.5) is 0 Å². The van der Waals surface area contributed by atoms with Gasteiger partial charge < -0.3 is 5.11 Å². The Labute approximate surface area is 130 Å². The zero-order valence-electron chi connectivity index (χ0n) is 10.4. The van der Waals surface area contributed by atoms with E-state index in [1.807, 2.05) is 48.5 Å². The first-order chi connectivity index (χ1) is 9.66. The maximum atomic E-state index is 10.5. The van der Waals surface area contributed by atoms with Gasteiger partial charge in [0.2, 0.25) is 0 Å². The summed E-state index contributed by atoms with van der Waals surface area (Å²) in [6.45, 7) is 0. The summed E-state index contributed by atoms with van der Waals surface area (Å²) in [4.78, 5) is 4.37. The molecule has 100 valence electrons. The smallest absolute Gasteiger partial charge is 0.107 e. The molecule has 3 aromatic rings. The molecular weight excluding hydrogens is 338 g/mol. The third-order valence-corrected chi connectivity index (χ3v) is 4.51. The van der Waals surface area contributed by atoms with Crippen molar-refractivity contribution in [2.75, 3.05) is 0 Å². The Kier molecular flexibility index (Phi) is 3.74. The quantitative estimate of drug-likeness (QED) is 0.726. The highest BCUT2D eigenvalue weighted by molar-refractivity contribution is 9.10. The molecule has 3 rings (SSSR count). The molecule has 0 amide bonds. The number of aromatic nitrogens is 1. The molecule has 0 bridgehead atoms. The number of pyridine rings is 1. The van der Waals surface area contributed by atoms with E-state index >= 15 is 0 Å². The van der Waals surface area contributed by atoms with Crippen molar-refractivity contribution in [2.45, 2.75) is 6.10 Å². The zero-order chi connectivity index (χ0) is 14.1. The largest absolute Gasteiger partial charge is 0.384 e. The lowest BCUT2D eigenvalue weighted by Gasteiger charge is -2.14. The number of fused-ring (bicyclic) bond motifs is 1. The van der Waals surface area contributed by atoms with E-state index in [1.165, 1.54) is 0 Å². The van der Waals surface area contributed by atoms with E-state index in [0.717, 1.165) is 20.9 Å². The summed E-state index contributed by atoms with van der Waals surface area (Å²) in [5, 5.41) is 12.0. The Hall–Kier alpha value is -1.42. The number of aliphatic hydroxyl groups excluding tert-OH is 1. The predicted molar refractivity (Wildman–Crippen MR) is 85.0 cm³/mol. The molecule has 4 heteroatoms. The number of hydrogen-bond donors (Lipinski definition) is 1. The van der Waals surface area contributed by atoms with Crippen molar-refractivity contribution < 1.29 is 5.11 Å². The number of hydrogen-bond acceptors (Lipinski definition) is 2. The van der Waals surface area contributed by atoms with Gasteiger partial charge in [0.15, 0.2) is 0 Å². The van der Waals surface area contributed by atoms with Gasteiger partial charge in [-0.15, -0.1) is 0 Å². The SMILES string of the molecule is OC(c1cnc2ccccc2c1)c1cccc(Br)c1Cl. The van der Waals surface area contributed by atoms with Crippen molar-refractivity contribution in [3.8, 4) is 0 Å². The van der Waals surface area contributed by atoms with E-state index in [2.05, 4.69) is 20.9 Å². The number of benzene rings is 2. The highest BCUT2D eigenvalue weighted by Crippen LogP contribution is 2.33. The molecule has 1 N–H and O–H groups in total. The van der Waals surface area contributed by atoms with Crippen LogP contribution < -0.4 is 0 Å². The molecule has 1 unspecified atom stereocenters. The fourth-order valence-electron chi connectivity index (χ4n) is 2.15. The lowest BCUT2D eigenvalue weighted by Crippen LogP contribution is -2.01. The van der Waals surface area contributed by atoms with Gasteiger partial charge in [-0.05, 0) is 34.1 Å². The first kappa shape index (κ1) is 13.6. The summed E-state index contributed by atoms with van der Waals surface area (Å²) in [5.74, 6) is 0. The molecule has 1 atom stereocenters. The van der Waals surface area contributed by atoms with Crippen molar-refractivity contribution in [2.24, 2.45) is 0 Å². The fourth-order valence-corrected chi connectivity index (χ4v) is 2.76. The molecule has 20 heavy (non-hydrogen) atoms. The normalized spacial score (nSPS) is 12.6. The summed E-state index contributed by atoms with van der Waals surface area (Å²) in [7, 11) is 0. The molecule has 0 aliphatic rings. The second kappa shape index (κ2) is 5.52. The van der Waals surface area contributed by atoms with Gasteiger partial charge in [0.1, 0.15) is 6.10 Å². The molecule has 0 fully saturated rings. The van der Waals surface area contributed by atoms with Crippen LogP contribution in [0.25, 0.3) is 10.9 Å². The molecule has 2 aromatic carbocycles. The van der Waals surface area contributed by atoms with Crippen LogP contribution >= 0.6 is 27.5 Å².